The van der Waals surface area contributed by atoms with Gasteiger partial charge in [0.05, 0.1) is 0 Å². The van der Waals surface area contributed by atoms with Crippen LogP contribution < -0.4 is 0 Å². The van der Waals surface area contributed by atoms with Gasteiger partial charge in [0.2, 0.25) is 0 Å². The molecule has 1 aliphatic heterocycles. The van der Waals surface area contributed by atoms with Crippen LogP contribution in [0.5, 0.6) is 0 Å². The van der Waals surface area contributed by atoms with Crippen LogP contribution in [0.3, 0.4) is 0 Å². The summed E-state index contributed by atoms with van der Waals surface area (Å²) in [4.78, 5) is 2.16. The van der Waals surface area contributed by atoms with Crippen molar-refractivity contribution in [3.8, 4) is 0 Å². The van der Waals surface area contributed by atoms with E-state index < -0.39 is 0 Å². The topological polar surface area (TPSA) is 3.24 Å². The first-order valence-electron chi connectivity index (χ1n) is 4.76. The Bertz CT molecular complexity index is 344. The smallest absolute Gasteiger partial charge is 0.0470 e. The van der Waals surface area contributed by atoms with E-state index in [1.807, 2.05) is 30.4 Å². The zero-order chi connectivity index (χ0) is 9.64. The second-order valence-corrected chi connectivity index (χ2v) is 3.23. The maximum Gasteiger partial charge on any atom is 0.0470 e. The minimum atomic E-state index is 0.926. The van der Waals surface area contributed by atoms with Crippen molar-refractivity contribution in [1.29, 1.82) is 0 Å². The van der Waals surface area contributed by atoms with Gasteiger partial charge < -0.3 is 4.90 Å². The van der Waals surface area contributed by atoms with E-state index in [-0.39, 0.29) is 0 Å². The number of benzene rings is 1. The molecule has 0 saturated heterocycles. The van der Waals surface area contributed by atoms with Crippen LogP contribution in [0, 0.1) is 0 Å². The third-order valence-electron chi connectivity index (χ3n) is 2.10. The summed E-state index contributed by atoms with van der Waals surface area (Å²) in [6.07, 6.45) is 12.3. The van der Waals surface area contributed by atoms with Crippen LogP contribution in [-0.4, -0.2) is 4.90 Å². The molecule has 0 spiro atoms. The minimum absolute atomic E-state index is 0.926. The highest BCUT2D eigenvalue weighted by Crippen LogP contribution is 2.06. The average molecular weight is 183 g/mol. The molecule has 0 N–H and O–H groups in total. The monoisotopic (exact) mass is 183 g/mol. The van der Waals surface area contributed by atoms with Gasteiger partial charge in [0, 0.05) is 18.9 Å². The van der Waals surface area contributed by atoms with Gasteiger partial charge >= 0.3 is 0 Å². The van der Waals surface area contributed by atoms with Crippen LogP contribution in [0.15, 0.2) is 67.0 Å². The van der Waals surface area contributed by atoms with E-state index in [0.717, 1.165) is 6.54 Å². The quantitative estimate of drug-likeness (QED) is 0.681. The molecule has 70 valence electrons. The molecule has 2 rings (SSSR count). The van der Waals surface area contributed by atoms with Gasteiger partial charge in [-0.05, 0) is 17.7 Å². The third-order valence-corrected chi connectivity index (χ3v) is 2.10. The van der Waals surface area contributed by atoms with Crippen molar-refractivity contribution in [2.75, 3.05) is 0 Å². The van der Waals surface area contributed by atoms with Gasteiger partial charge in [0.15, 0.2) is 0 Å². The Labute approximate surface area is 84.7 Å². The first kappa shape index (κ1) is 8.82. The summed E-state index contributed by atoms with van der Waals surface area (Å²) in [6.45, 7) is 0.926. The van der Waals surface area contributed by atoms with Crippen molar-refractivity contribution in [3.63, 3.8) is 0 Å². The summed E-state index contributed by atoms with van der Waals surface area (Å²) in [5.41, 5.74) is 1.32. The second-order valence-electron chi connectivity index (χ2n) is 3.23. The molecular formula is C13H13N. The SMILES string of the molecule is C1=CC=CN(Cc2ccccc2)C=C1. The Morgan fingerprint density at radius 3 is 2.07 bits per heavy atom. The van der Waals surface area contributed by atoms with E-state index >= 15 is 0 Å². The second kappa shape index (κ2) is 4.47. The van der Waals surface area contributed by atoms with Gasteiger partial charge in [-0.3, -0.25) is 0 Å². The number of nitrogens with zero attached hydrogens (tertiary/aromatic N) is 1. The Morgan fingerprint density at radius 1 is 0.786 bits per heavy atom. The third kappa shape index (κ3) is 2.36. The van der Waals surface area contributed by atoms with Crippen LogP contribution >= 0.6 is 0 Å². The molecule has 1 heteroatoms. The van der Waals surface area contributed by atoms with Crippen molar-refractivity contribution >= 4 is 0 Å². The molecule has 1 aliphatic rings. The largest absolute Gasteiger partial charge is 0.350 e. The molecule has 1 nitrogen and oxygen atoms in total. The molecule has 0 fully saturated rings. The van der Waals surface area contributed by atoms with Gasteiger partial charge in [-0.2, -0.15) is 0 Å². The summed E-state index contributed by atoms with van der Waals surface area (Å²) in [5.74, 6) is 0. The molecule has 0 atom stereocenters. The van der Waals surface area contributed by atoms with Crippen LogP contribution in [0.4, 0.5) is 0 Å². The summed E-state index contributed by atoms with van der Waals surface area (Å²) in [5, 5.41) is 0. The molecule has 14 heavy (non-hydrogen) atoms. The first-order chi connectivity index (χ1) is 6.95. The average Bonchev–Trinajstić information content (AvgIpc) is 2.48. The van der Waals surface area contributed by atoms with Gasteiger partial charge in [0.25, 0.3) is 0 Å². The number of hydrogen-bond donors (Lipinski definition) is 0. The normalized spacial score (nSPS) is 14.4. The molecule has 0 radical (unpaired) electrons. The van der Waals surface area contributed by atoms with Gasteiger partial charge in [-0.25, -0.2) is 0 Å². The molecule has 0 unspecified atom stereocenters. The Hall–Kier alpha value is -1.76. The Kier molecular flexibility index (Phi) is 2.82. The van der Waals surface area contributed by atoms with Gasteiger partial charge in [-0.1, -0.05) is 42.5 Å². The highest BCUT2D eigenvalue weighted by molar-refractivity contribution is 5.19. The Balaban J connectivity index is 2.05. The molecule has 0 bridgehead atoms. The predicted molar refractivity (Wildman–Crippen MR) is 59.4 cm³/mol. The molecule has 0 saturated carbocycles. The van der Waals surface area contributed by atoms with E-state index in [9.17, 15) is 0 Å². The molecule has 0 aliphatic carbocycles. The summed E-state index contributed by atoms with van der Waals surface area (Å²) >= 11 is 0. The van der Waals surface area contributed by atoms with E-state index in [2.05, 4.69) is 41.6 Å². The van der Waals surface area contributed by atoms with Crippen LogP contribution in [-0.2, 0) is 6.54 Å². The van der Waals surface area contributed by atoms with Gasteiger partial charge in [0.1, 0.15) is 0 Å². The zero-order valence-electron chi connectivity index (χ0n) is 8.01. The lowest BCUT2D eigenvalue weighted by atomic mass is 10.2. The zero-order valence-corrected chi connectivity index (χ0v) is 8.01. The van der Waals surface area contributed by atoms with Crippen molar-refractivity contribution in [3.05, 3.63) is 72.6 Å². The molecule has 0 aromatic heterocycles. The predicted octanol–water partition coefficient (Wildman–Crippen LogP) is 3.09. The van der Waals surface area contributed by atoms with Crippen molar-refractivity contribution in [2.45, 2.75) is 6.54 Å². The standard InChI is InChI=1S/C13H13N/c1-2-7-11-14(10-6-1)12-13-8-4-3-5-9-13/h1-11H,12H2. The summed E-state index contributed by atoms with van der Waals surface area (Å²) in [7, 11) is 0. The fourth-order valence-corrected chi connectivity index (χ4v) is 1.40. The van der Waals surface area contributed by atoms with Crippen molar-refractivity contribution < 1.29 is 0 Å². The maximum absolute atomic E-state index is 2.16. The molecule has 1 aromatic carbocycles. The number of hydrogen-bond acceptors (Lipinski definition) is 1. The fourth-order valence-electron chi connectivity index (χ4n) is 1.40. The lowest BCUT2D eigenvalue weighted by molar-refractivity contribution is 0.502. The van der Waals surface area contributed by atoms with E-state index in [0.29, 0.717) is 0 Å². The van der Waals surface area contributed by atoms with Crippen LogP contribution in [0.1, 0.15) is 5.56 Å². The van der Waals surface area contributed by atoms with Crippen LogP contribution in [0.25, 0.3) is 0 Å². The molecule has 1 aromatic rings. The van der Waals surface area contributed by atoms with E-state index in [1.54, 1.807) is 0 Å². The van der Waals surface area contributed by atoms with Crippen LogP contribution in [0.2, 0.25) is 0 Å². The lowest BCUT2D eigenvalue weighted by Gasteiger charge is -2.14. The molecule has 0 amide bonds. The summed E-state index contributed by atoms with van der Waals surface area (Å²) < 4.78 is 0. The minimum Gasteiger partial charge on any atom is -0.350 e. The van der Waals surface area contributed by atoms with E-state index in [4.69, 9.17) is 0 Å². The highest BCUT2D eigenvalue weighted by atomic mass is 15.1. The fraction of sp³-hybridized carbons (Fsp3) is 0.0769. The number of rotatable bonds is 2. The lowest BCUT2D eigenvalue weighted by Crippen LogP contribution is -2.08. The van der Waals surface area contributed by atoms with Crippen molar-refractivity contribution in [1.82, 2.24) is 4.90 Å². The number of allylic oxidation sites excluding steroid dienone is 4. The highest BCUT2D eigenvalue weighted by Gasteiger charge is 1.96. The maximum atomic E-state index is 2.16. The molecular weight excluding hydrogens is 170 g/mol. The van der Waals surface area contributed by atoms with Gasteiger partial charge in [-0.15, -0.1) is 0 Å². The Morgan fingerprint density at radius 2 is 1.43 bits per heavy atom. The van der Waals surface area contributed by atoms with Crippen molar-refractivity contribution in [2.24, 2.45) is 0 Å². The molecule has 1 heterocycles. The van der Waals surface area contributed by atoms with E-state index in [1.165, 1.54) is 5.56 Å². The first-order valence-corrected chi connectivity index (χ1v) is 4.76. The summed E-state index contributed by atoms with van der Waals surface area (Å²) in [6, 6.07) is 10.5.